The largest absolute Gasteiger partial charge is 0.490 e. The molecule has 0 aliphatic rings. The topological polar surface area (TPSA) is 55.5 Å². The number of hydrogen-bond donors (Lipinski definition) is 2. The van der Waals surface area contributed by atoms with E-state index in [0.717, 1.165) is 0 Å². The molecule has 3 N–H and O–H groups in total. The lowest BCUT2D eigenvalue weighted by atomic mass is 10.3. The first-order chi connectivity index (χ1) is 6.65. The van der Waals surface area contributed by atoms with Crippen LogP contribution in [0.1, 0.15) is 6.42 Å². The molecule has 1 aromatic rings. The lowest BCUT2D eigenvalue weighted by Gasteiger charge is -2.09. The average molecular weight is 236 g/mol. The molecular weight excluding hydrogens is 225 g/mol. The van der Waals surface area contributed by atoms with Crippen LogP contribution in [0.5, 0.6) is 5.75 Å². The molecule has 0 saturated carbocycles. The SMILES string of the molecule is Nc1cc(Cl)c(OCCCO)c(Cl)c1. The van der Waals surface area contributed by atoms with Gasteiger partial charge in [-0.3, -0.25) is 0 Å². The lowest BCUT2D eigenvalue weighted by molar-refractivity contribution is 0.234. The average Bonchev–Trinajstić information content (AvgIpc) is 2.09. The van der Waals surface area contributed by atoms with Crippen LogP contribution < -0.4 is 10.5 Å². The summed E-state index contributed by atoms with van der Waals surface area (Å²) in [5.41, 5.74) is 6.01. The minimum Gasteiger partial charge on any atom is -0.490 e. The summed E-state index contributed by atoms with van der Waals surface area (Å²) < 4.78 is 5.28. The fourth-order valence-corrected chi connectivity index (χ4v) is 1.57. The Morgan fingerprint density at radius 2 is 1.86 bits per heavy atom. The molecule has 3 nitrogen and oxygen atoms in total. The molecule has 0 heterocycles. The highest BCUT2D eigenvalue weighted by Crippen LogP contribution is 2.34. The van der Waals surface area contributed by atoms with Gasteiger partial charge in [-0.2, -0.15) is 0 Å². The number of halogens is 2. The zero-order valence-corrected chi connectivity index (χ0v) is 8.98. The molecule has 0 spiro atoms. The third kappa shape index (κ3) is 2.94. The second-order valence-corrected chi connectivity index (χ2v) is 3.55. The van der Waals surface area contributed by atoms with Gasteiger partial charge in [-0.1, -0.05) is 23.2 Å². The Morgan fingerprint density at radius 1 is 1.29 bits per heavy atom. The van der Waals surface area contributed by atoms with Gasteiger partial charge in [-0.15, -0.1) is 0 Å². The van der Waals surface area contributed by atoms with Crippen LogP contribution >= 0.6 is 23.2 Å². The van der Waals surface area contributed by atoms with Crippen molar-refractivity contribution in [3.63, 3.8) is 0 Å². The van der Waals surface area contributed by atoms with E-state index in [2.05, 4.69) is 0 Å². The summed E-state index contributed by atoms with van der Waals surface area (Å²) in [7, 11) is 0. The molecule has 0 amide bonds. The fourth-order valence-electron chi connectivity index (χ4n) is 0.956. The van der Waals surface area contributed by atoms with Gasteiger partial charge < -0.3 is 15.6 Å². The van der Waals surface area contributed by atoms with Crippen molar-refractivity contribution in [2.24, 2.45) is 0 Å². The van der Waals surface area contributed by atoms with Gasteiger partial charge in [-0.05, 0) is 12.1 Å². The number of aliphatic hydroxyl groups is 1. The number of nitrogens with two attached hydrogens (primary N) is 1. The number of hydrogen-bond acceptors (Lipinski definition) is 3. The van der Waals surface area contributed by atoms with Gasteiger partial charge in [0.25, 0.3) is 0 Å². The number of nitrogen functional groups attached to an aromatic ring is 1. The molecule has 0 fully saturated rings. The molecule has 0 aromatic heterocycles. The predicted molar refractivity (Wildman–Crippen MR) is 58.1 cm³/mol. The molecule has 0 aliphatic heterocycles. The summed E-state index contributed by atoms with van der Waals surface area (Å²) in [5.74, 6) is 0.413. The summed E-state index contributed by atoms with van der Waals surface area (Å²) in [5, 5.41) is 9.33. The van der Waals surface area contributed by atoms with E-state index in [9.17, 15) is 0 Å². The first-order valence-corrected chi connectivity index (χ1v) is 4.89. The predicted octanol–water partition coefficient (Wildman–Crippen LogP) is 2.34. The van der Waals surface area contributed by atoms with Gasteiger partial charge >= 0.3 is 0 Å². The van der Waals surface area contributed by atoms with E-state index >= 15 is 0 Å². The number of anilines is 1. The van der Waals surface area contributed by atoms with Crippen LogP contribution in [0.2, 0.25) is 10.0 Å². The highest BCUT2D eigenvalue weighted by molar-refractivity contribution is 6.37. The molecule has 0 bridgehead atoms. The van der Waals surface area contributed by atoms with Crippen molar-refractivity contribution >= 4 is 28.9 Å². The quantitative estimate of drug-likeness (QED) is 0.623. The third-order valence-corrected chi connectivity index (χ3v) is 2.13. The Kier molecular flexibility index (Phi) is 4.32. The standard InChI is InChI=1S/C9H11Cl2NO2/c10-7-4-6(12)5-8(11)9(7)14-3-1-2-13/h4-5,13H,1-3,12H2. The molecule has 14 heavy (non-hydrogen) atoms. The van der Waals surface area contributed by atoms with E-state index in [1.807, 2.05) is 0 Å². The highest BCUT2D eigenvalue weighted by Gasteiger charge is 2.08. The summed E-state index contributed by atoms with van der Waals surface area (Å²) in [6, 6.07) is 3.14. The molecule has 0 aliphatic carbocycles. The third-order valence-electron chi connectivity index (χ3n) is 1.57. The van der Waals surface area contributed by atoms with E-state index < -0.39 is 0 Å². The Bertz CT molecular complexity index is 295. The number of aliphatic hydroxyl groups excluding tert-OH is 1. The van der Waals surface area contributed by atoms with E-state index in [1.165, 1.54) is 0 Å². The van der Waals surface area contributed by atoms with Crippen molar-refractivity contribution in [1.29, 1.82) is 0 Å². The Labute approximate surface area is 92.4 Å². The number of benzene rings is 1. The van der Waals surface area contributed by atoms with Crippen LogP contribution in [0.15, 0.2) is 12.1 Å². The van der Waals surface area contributed by atoms with Crippen molar-refractivity contribution in [3.8, 4) is 5.75 Å². The van der Waals surface area contributed by atoms with Crippen molar-refractivity contribution in [2.75, 3.05) is 18.9 Å². The van der Waals surface area contributed by atoms with Gasteiger partial charge in [-0.25, -0.2) is 0 Å². The van der Waals surface area contributed by atoms with Crippen molar-refractivity contribution in [2.45, 2.75) is 6.42 Å². The van der Waals surface area contributed by atoms with Crippen LogP contribution in [0, 0.1) is 0 Å². The molecule has 0 radical (unpaired) electrons. The second kappa shape index (κ2) is 5.29. The molecule has 1 aromatic carbocycles. The molecule has 5 heteroatoms. The normalized spacial score (nSPS) is 10.2. The van der Waals surface area contributed by atoms with Crippen molar-refractivity contribution in [3.05, 3.63) is 22.2 Å². The van der Waals surface area contributed by atoms with E-state index in [1.54, 1.807) is 12.1 Å². The maximum absolute atomic E-state index is 8.56. The first-order valence-electron chi connectivity index (χ1n) is 4.13. The second-order valence-electron chi connectivity index (χ2n) is 2.74. The van der Waals surface area contributed by atoms with Gasteiger partial charge in [0, 0.05) is 18.7 Å². The minimum absolute atomic E-state index is 0.0736. The molecule has 0 saturated heterocycles. The van der Waals surface area contributed by atoms with Crippen LogP contribution in [0.4, 0.5) is 5.69 Å². The Morgan fingerprint density at radius 3 is 2.36 bits per heavy atom. The van der Waals surface area contributed by atoms with Crippen molar-refractivity contribution in [1.82, 2.24) is 0 Å². The summed E-state index contributed by atoms with van der Waals surface area (Å²) in [6.45, 7) is 0.448. The zero-order valence-electron chi connectivity index (χ0n) is 7.46. The molecule has 78 valence electrons. The van der Waals surface area contributed by atoms with E-state index in [-0.39, 0.29) is 6.61 Å². The summed E-state index contributed by atoms with van der Waals surface area (Å²) in [4.78, 5) is 0. The molecule has 0 atom stereocenters. The van der Waals surface area contributed by atoms with Crippen LogP contribution in [0.25, 0.3) is 0 Å². The maximum atomic E-state index is 8.56. The molecular formula is C9H11Cl2NO2. The van der Waals surface area contributed by atoms with Crippen molar-refractivity contribution < 1.29 is 9.84 Å². The number of rotatable bonds is 4. The van der Waals surface area contributed by atoms with Gasteiger partial charge in [0.05, 0.1) is 16.7 Å². The van der Waals surface area contributed by atoms with E-state index in [0.29, 0.717) is 34.5 Å². The molecule has 1 rings (SSSR count). The van der Waals surface area contributed by atoms with Gasteiger partial charge in [0.15, 0.2) is 5.75 Å². The highest BCUT2D eigenvalue weighted by atomic mass is 35.5. The first kappa shape index (κ1) is 11.4. The Balaban J connectivity index is 2.75. The minimum atomic E-state index is 0.0736. The van der Waals surface area contributed by atoms with E-state index in [4.69, 9.17) is 38.8 Å². The lowest BCUT2D eigenvalue weighted by Crippen LogP contribution is -2.01. The van der Waals surface area contributed by atoms with Crippen LogP contribution in [-0.2, 0) is 0 Å². The van der Waals surface area contributed by atoms with Crippen LogP contribution in [0.3, 0.4) is 0 Å². The fraction of sp³-hybridized carbons (Fsp3) is 0.333. The maximum Gasteiger partial charge on any atom is 0.156 e. The van der Waals surface area contributed by atoms with Crippen LogP contribution in [-0.4, -0.2) is 18.3 Å². The zero-order chi connectivity index (χ0) is 10.6. The summed E-state index contributed by atoms with van der Waals surface area (Å²) in [6.07, 6.45) is 0.539. The monoisotopic (exact) mass is 235 g/mol. The number of ether oxygens (including phenoxy) is 1. The smallest absolute Gasteiger partial charge is 0.156 e. The van der Waals surface area contributed by atoms with Gasteiger partial charge in [0.1, 0.15) is 0 Å². The Hall–Kier alpha value is -0.640. The molecule has 0 unspecified atom stereocenters. The summed E-state index contributed by atoms with van der Waals surface area (Å²) >= 11 is 11.7. The van der Waals surface area contributed by atoms with Gasteiger partial charge in [0.2, 0.25) is 0 Å².